The summed E-state index contributed by atoms with van der Waals surface area (Å²) >= 11 is 5.97. The number of hydrogen-bond acceptors (Lipinski definition) is 3. The van der Waals surface area contributed by atoms with Gasteiger partial charge in [-0.15, -0.1) is 0 Å². The van der Waals surface area contributed by atoms with Crippen LogP contribution in [0, 0.1) is 0 Å². The fourth-order valence-corrected chi connectivity index (χ4v) is 2.82. The van der Waals surface area contributed by atoms with Crippen LogP contribution in [0.3, 0.4) is 0 Å². The summed E-state index contributed by atoms with van der Waals surface area (Å²) in [7, 11) is 1.64. The molecular weight excluding hydrogens is 348 g/mol. The summed E-state index contributed by atoms with van der Waals surface area (Å²) in [6.45, 7) is 0.803. The molecule has 0 unspecified atom stereocenters. The number of aromatic nitrogens is 1. The van der Waals surface area contributed by atoms with Gasteiger partial charge < -0.3 is 10.1 Å². The van der Waals surface area contributed by atoms with Gasteiger partial charge in [0, 0.05) is 23.9 Å². The van der Waals surface area contributed by atoms with E-state index in [2.05, 4.69) is 10.3 Å². The number of methoxy groups -OCH3 is 1. The Labute approximate surface area is 157 Å². The molecule has 3 aromatic rings. The van der Waals surface area contributed by atoms with E-state index in [1.54, 1.807) is 13.3 Å². The lowest BCUT2D eigenvalue weighted by molar-refractivity contribution is 0.0950. The molecule has 2 aromatic carbocycles. The van der Waals surface area contributed by atoms with E-state index in [9.17, 15) is 4.79 Å². The van der Waals surface area contributed by atoms with Crippen LogP contribution in [0.25, 0.3) is 11.1 Å². The Morgan fingerprint density at radius 3 is 2.62 bits per heavy atom. The van der Waals surface area contributed by atoms with E-state index >= 15 is 0 Å². The number of nitrogens with zero attached hydrogens (tertiary/aromatic N) is 1. The third kappa shape index (κ3) is 4.48. The number of amides is 1. The molecule has 0 aliphatic heterocycles. The third-order valence-electron chi connectivity index (χ3n) is 3.98. The monoisotopic (exact) mass is 366 g/mol. The first kappa shape index (κ1) is 18.1. The Morgan fingerprint density at radius 2 is 1.92 bits per heavy atom. The van der Waals surface area contributed by atoms with Crippen molar-refractivity contribution in [1.82, 2.24) is 10.3 Å². The minimum atomic E-state index is -0.143. The quantitative estimate of drug-likeness (QED) is 0.699. The van der Waals surface area contributed by atoms with Crippen molar-refractivity contribution in [3.63, 3.8) is 0 Å². The van der Waals surface area contributed by atoms with Gasteiger partial charge in [-0.3, -0.25) is 9.78 Å². The number of benzene rings is 2. The minimum Gasteiger partial charge on any atom is -0.380 e. The second kappa shape index (κ2) is 8.61. The molecule has 132 valence electrons. The van der Waals surface area contributed by atoms with E-state index in [1.165, 1.54) is 0 Å². The zero-order valence-corrected chi connectivity index (χ0v) is 15.2. The van der Waals surface area contributed by atoms with Gasteiger partial charge in [-0.2, -0.15) is 0 Å². The summed E-state index contributed by atoms with van der Waals surface area (Å²) in [5.74, 6) is -0.143. The molecule has 0 radical (unpaired) electrons. The molecule has 4 nitrogen and oxygen atoms in total. The lowest BCUT2D eigenvalue weighted by Crippen LogP contribution is -2.23. The number of carbonyl (C=O) groups excluding carboxylic acids is 1. The number of pyridine rings is 1. The highest BCUT2D eigenvalue weighted by Gasteiger charge is 2.11. The molecule has 1 aromatic heterocycles. The van der Waals surface area contributed by atoms with E-state index in [0.717, 1.165) is 22.4 Å². The number of halogens is 1. The second-order valence-corrected chi connectivity index (χ2v) is 6.25. The van der Waals surface area contributed by atoms with Gasteiger partial charge in [0.05, 0.1) is 18.8 Å². The summed E-state index contributed by atoms with van der Waals surface area (Å²) in [5, 5.41) is 3.58. The lowest BCUT2D eigenvalue weighted by Gasteiger charge is -2.12. The van der Waals surface area contributed by atoms with Gasteiger partial charge in [-0.05, 0) is 53.1 Å². The Bertz CT molecular complexity index is 880. The highest BCUT2D eigenvalue weighted by atomic mass is 35.5. The van der Waals surface area contributed by atoms with Crippen molar-refractivity contribution in [3.05, 3.63) is 88.7 Å². The predicted octanol–water partition coefficient (Wildman–Crippen LogP) is 4.48. The van der Waals surface area contributed by atoms with Gasteiger partial charge >= 0.3 is 0 Å². The summed E-state index contributed by atoms with van der Waals surface area (Å²) in [6, 6.07) is 18.8. The molecule has 0 spiro atoms. The van der Waals surface area contributed by atoms with Crippen LogP contribution in [0.4, 0.5) is 0 Å². The molecule has 0 fully saturated rings. The number of ether oxygens (including phenoxy) is 1. The van der Waals surface area contributed by atoms with Gasteiger partial charge in [-0.1, -0.05) is 35.9 Å². The molecule has 0 atom stereocenters. The van der Waals surface area contributed by atoms with Crippen molar-refractivity contribution in [1.29, 1.82) is 0 Å². The van der Waals surface area contributed by atoms with Crippen LogP contribution < -0.4 is 5.32 Å². The predicted molar refractivity (Wildman–Crippen MR) is 103 cm³/mol. The van der Waals surface area contributed by atoms with Crippen LogP contribution in [-0.4, -0.2) is 18.0 Å². The first-order valence-electron chi connectivity index (χ1n) is 8.23. The average Bonchev–Trinajstić information content (AvgIpc) is 2.68. The molecule has 5 heteroatoms. The number of carbonyl (C=O) groups is 1. The number of nitrogens with one attached hydrogen (secondary N) is 1. The third-order valence-corrected chi connectivity index (χ3v) is 4.23. The standard InChI is InChI=1S/C21H19ClN2O2/c1-26-14-17-12-16(21(25)24-13-19-4-2-3-11-23-19)7-10-20(17)15-5-8-18(22)9-6-15/h2-12H,13-14H2,1H3,(H,24,25). The summed E-state index contributed by atoms with van der Waals surface area (Å²) in [5.41, 5.74) is 4.40. The largest absolute Gasteiger partial charge is 0.380 e. The zero-order chi connectivity index (χ0) is 18.4. The normalized spacial score (nSPS) is 10.5. The average molecular weight is 367 g/mol. The van der Waals surface area contributed by atoms with Crippen LogP contribution in [0.1, 0.15) is 21.6 Å². The van der Waals surface area contributed by atoms with Crippen LogP contribution in [-0.2, 0) is 17.9 Å². The maximum absolute atomic E-state index is 12.5. The Balaban J connectivity index is 1.81. The first-order chi connectivity index (χ1) is 12.7. The summed E-state index contributed by atoms with van der Waals surface area (Å²) in [6.07, 6.45) is 1.71. The molecule has 0 aliphatic carbocycles. The van der Waals surface area contributed by atoms with E-state index in [0.29, 0.717) is 23.7 Å². The van der Waals surface area contributed by atoms with Crippen molar-refractivity contribution in [2.75, 3.05) is 7.11 Å². The molecular formula is C21H19ClN2O2. The Hall–Kier alpha value is -2.69. The molecule has 0 aliphatic rings. The number of hydrogen-bond donors (Lipinski definition) is 1. The molecule has 3 rings (SSSR count). The van der Waals surface area contributed by atoms with Crippen LogP contribution in [0.15, 0.2) is 66.9 Å². The van der Waals surface area contributed by atoms with Gasteiger partial charge in [0.1, 0.15) is 0 Å². The fourth-order valence-electron chi connectivity index (χ4n) is 2.70. The molecule has 0 saturated heterocycles. The second-order valence-electron chi connectivity index (χ2n) is 5.82. The zero-order valence-electron chi connectivity index (χ0n) is 14.4. The van der Waals surface area contributed by atoms with E-state index in [4.69, 9.17) is 16.3 Å². The van der Waals surface area contributed by atoms with Crippen LogP contribution in [0.2, 0.25) is 5.02 Å². The van der Waals surface area contributed by atoms with Crippen molar-refractivity contribution in [2.24, 2.45) is 0 Å². The Kier molecular flexibility index (Phi) is 6.00. The molecule has 1 amide bonds. The maximum atomic E-state index is 12.5. The smallest absolute Gasteiger partial charge is 0.251 e. The van der Waals surface area contributed by atoms with Crippen LogP contribution in [0.5, 0.6) is 0 Å². The highest BCUT2D eigenvalue weighted by Crippen LogP contribution is 2.27. The summed E-state index contributed by atoms with van der Waals surface area (Å²) < 4.78 is 5.31. The minimum absolute atomic E-state index is 0.143. The van der Waals surface area contributed by atoms with Crippen molar-refractivity contribution >= 4 is 17.5 Å². The Morgan fingerprint density at radius 1 is 1.12 bits per heavy atom. The SMILES string of the molecule is COCc1cc(C(=O)NCc2ccccn2)ccc1-c1ccc(Cl)cc1. The van der Waals surface area contributed by atoms with Gasteiger partial charge in [-0.25, -0.2) is 0 Å². The van der Waals surface area contributed by atoms with Crippen molar-refractivity contribution < 1.29 is 9.53 Å². The van der Waals surface area contributed by atoms with E-state index < -0.39 is 0 Å². The van der Waals surface area contributed by atoms with Gasteiger partial charge in [0.2, 0.25) is 0 Å². The summed E-state index contributed by atoms with van der Waals surface area (Å²) in [4.78, 5) is 16.7. The van der Waals surface area contributed by atoms with Crippen LogP contribution >= 0.6 is 11.6 Å². The fraction of sp³-hybridized carbons (Fsp3) is 0.143. The molecule has 26 heavy (non-hydrogen) atoms. The van der Waals surface area contributed by atoms with Gasteiger partial charge in [0.25, 0.3) is 5.91 Å². The van der Waals surface area contributed by atoms with Crippen molar-refractivity contribution in [2.45, 2.75) is 13.2 Å². The maximum Gasteiger partial charge on any atom is 0.251 e. The van der Waals surface area contributed by atoms with E-state index in [1.807, 2.05) is 60.7 Å². The lowest BCUT2D eigenvalue weighted by atomic mass is 9.97. The molecule has 0 bridgehead atoms. The first-order valence-corrected chi connectivity index (χ1v) is 8.61. The molecule has 1 N–H and O–H groups in total. The van der Waals surface area contributed by atoms with Crippen molar-refractivity contribution in [3.8, 4) is 11.1 Å². The topological polar surface area (TPSA) is 51.2 Å². The molecule has 0 saturated carbocycles. The highest BCUT2D eigenvalue weighted by molar-refractivity contribution is 6.30. The number of rotatable bonds is 6. The van der Waals surface area contributed by atoms with Gasteiger partial charge in [0.15, 0.2) is 0 Å². The van der Waals surface area contributed by atoms with E-state index in [-0.39, 0.29) is 5.91 Å². The molecule has 1 heterocycles.